The molecule has 0 spiro atoms. The second-order valence-electron chi connectivity index (χ2n) is 9.89. The van der Waals surface area contributed by atoms with E-state index in [0.29, 0.717) is 24.9 Å². The number of benzene rings is 3. The van der Waals surface area contributed by atoms with Crippen LogP contribution >= 0.6 is 0 Å². The Hall–Kier alpha value is -2.82. The van der Waals surface area contributed by atoms with Gasteiger partial charge in [0.05, 0.1) is 6.61 Å². The van der Waals surface area contributed by atoms with Gasteiger partial charge in [0.2, 0.25) is 0 Å². The number of ether oxygens (including phenoxy) is 2. The largest absolute Gasteiger partial charge is 0.493 e. The van der Waals surface area contributed by atoms with Crippen LogP contribution in [-0.2, 0) is 13.0 Å². The lowest BCUT2D eigenvalue weighted by molar-refractivity contribution is -0.0479. The summed E-state index contributed by atoms with van der Waals surface area (Å²) in [7, 11) is 0. The maximum absolute atomic E-state index is 9.25. The van der Waals surface area contributed by atoms with Crippen LogP contribution < -0.4 is 9.47 Å². The molecule has 3 aromatic carbocycles. The lowest BCUT2D eigenvalue weighted by Gasteiger charge is -2.17. The topological polar surface area (TPSA) is 58.9 Å². The summed E-state index contributed by atoms with van der Waals surface area (Å²) in [6.45, 7) is 7.78. The zero-order chi connectivity index (χ0) is 24.8. The first-order valence-electron chi connectivity index (χ1n) is 12.9. The summed E-state index contributed by atoms with van der Waals surface area (Å²) in [5.41, 5.74) is 7.26. The molecule has 4 rings (SSSR count). The van der Waals surface area contributed by atoms with Crippen LogP contribution in [0.1, 0.15) is 67.7 Å². The molecule has 0 amide bonds. The lowest BCUT2D eigenvalue weighted by Crippen LogP contribution is -2.10. The van der Waals surface area contributed by atoms with Crippen molar-refractivity contribution >= 4 is 0 Å². The predicted octanol–water partition coefficient (Wildman–Crippen LogP) is 6.79. The minimum atomic E-state index is -1.23. The van der Waals surface area contributed by atoms with Crippen molar-refractivity contribution in [2.75, 3.05) is 6.61 Å². The van der Waals surface area contributed by atoms with Crippen molar-refractivity contribution in [1.82, 2.24) is 0 Å². The van der Waals surface area contributed by atoms with E-state index in [1.807, 2.05) is 6.07 Å². The van der Waals surface area contributed by atoms with Crippen molar-refractivity contribution in [3.05, 3.63) is 82.9 Å². The molecule has 0 aromatic heterocycles. The Bertz CT molecular complexity index is 1100. The summed E-state index contributed by atoms with van der Waals surface area (Å²) in [6, 6.07) is 21.2. The average Bonchev–Trinajstić information content (AvgIpc) is 3.16. The molecule has 2 unspecified atom stereocenters. The summed E-state index contributed by atoms with van der Waals surface area (Å²) >= 11 is 0. The molecule has 0 heterocycles. The number of unbranched alkanes of at least 4 members (excludes halogenated alkanes) is 1. The number of rotatable bonds is 11. The van der Waals surface area contributed by atoms with Crippen LogP contribution in [0.2, 0.25) is 0 Å². The lowest BCUT2D eigenvalue weighted by atomic mass is 9.89. The van der Waals surface area contributed by atoms with Crippen LogP contribution in [0.3, 0.4) is 0 Å². The van der Waals surface area contributed by atoms with E-state index in [1.165, 1.54) is 16.7 Å². The predicted molar refractivity (Wildman–Crippen MR) is 141 cm³/mol. The van der Waals surface area contributed by atoms with Gasteiger partial charge in [0.25, 0.3) is 0 Å². The zero-order valence-electron chi connectivity index (χ0n) is 21.2. The van der Waals surface area contributed by atoms with Crippen molar-refractivity contribution in [2.45, 2.75) is 71.7 Å². The fourth-order valence-corrected chi connectivity index (χ4v) is 5.04. The van der Waals surface area contributed by atoms with E-state index in [-0.39, 0.29) is 0 Å². The van der Waals surface area contributed by atoms with Crippen LogP contribution in [0.4, 0.5) is 0 Å². The van der Waals surface area contributed by atoms with E-state index >= 15 is 0 Å². The molecule has 35 heavy (non-hydrogen) atoms. The molecular formula is C31H38O4. The molecule has 2 atom stereocenters. The number of aryl methyl sites for hydroxylation is 1. The number of aliphatic hydroxyl groups is 2. The van der Waals surface area contributed by atoms with E-state index in [4.69, 9.17) is 9.47 Å². The van der Waals surface area contributed by atoms with Crippen LogP contribution in [0, 0.1) is 12.8 Å². The third kappa shape index (κ3) is 6.45. The standard InChI is InChI=1S/C31H38O4/c1-4-5-16-34-30-14-6-21(2)17-29(30)24-9-7-23(8-10-24)20-35-26-11-12-28-25(19-26)18-22(3)27(28)13-15-31(32)33/h6-12,14,17,19,22,27,31-33H,4-5,13,15-16,18,20H2,1-3H3. The van der Waals surface area contributed by atoms with Crippen molar-refractivity contribution < 1.29 is 19.7 Å². The maximum atomic E-state index is 9.25. The van der Waals surface area contributed by atoms with Crippen LogP contribution in [0.15, 0.2) is 60.7 Å². The minimum absolute atomic E-state index is 0.380. The SMILES string of the molecule is CCCCOc1ccc(C)cc1-c1ccc(COc2ccc3c(c2)CC(C)C3CCC(O)O)cc1. The van der Waals surface area contributed by atoms with Gasteiger partial charge in [-0.05, 0) is 91.0 Å². The molecule has 4 nitrogen and oxygen atoms in total. The fraction of sp³-hybridized carbons (Fsp3) is 0.419. The summed E-state index contributed by atoms with van der Waals surface area (Å²) in [4.78, 5) is 0. The second kappa shape index (κ2) is 11.7. The molecule has 3 aromatic rings. The van der Waals surface area contributed by atoms with Gasteiger partial charge >= 0.3 is 0 Å². The van der Waals surface area contributed by atoms with Crippen molar-refractivity contribution in [3.63, 3.8) is 0 Å². The number of aliphatic hydroxyl groups excluding tert-OH is 1. The molecule has 0 saturated carbocycles. The number of hydrogen-bond acceptors (Lipinski definition) is 4. The minimum Gasteiger partial charge on any atom is -0.493 e. The molecule has 0 aliphatic heterocycles. The first-order chi connectivity index (χ1) is 16.9. The van der Waals surface area contributed by atoms with E-state index in [9.17, 15) is 10.2 Å². The van der Waals surface area contributed by atoms with E-state index in [0.717, 1.165) is 60.5 Å². The zero-order valence-corrected chi connectivity index (χ0v) is 21.2. The molecule has 1 aliphatic rings. The molecule has 2 N–H and O–H groups in total. The Kier molecular flexibility index (Phi) is 8.48. The highest BCUT2D eigenvalue weighted by Gasteiger charge is 2.29. The van der Waals surface area contributed by atoms with Gasteiger partial charge in [-0.2, -0.15) is 0 Å². The molecule has 1 aliphatic carbocycles. The van der Waals surface area contributed by atoms with Gasteiger partial charge < -0.3 is 19.7 Å². The Labute approximate surface area is 209 Å². The van der Waals surface area contributed by atoms with Crippen LogP contribution in [-0.4, -0.2) is 23.1 Å². The van der Waals surface area contributed by atoms with E-state index in [2.05, 4.69) is 75.4 Å². The third-order valence-electron chi connectivity index (χ3n) is 7.04. The van der Waals surface area contributed by atoms with Gasteiger partial charge in [-0.25, -0.2) is 0 Å². The van der Waals surface area contributed by atoms with Gasteiger partial charge in [0.1, 0.15) is 18.1 Å². The normalized spacial score (nSPS) is 17.0. The van der Waals surface area contributed by atoms with E-state index in [1.54, 1.807) is 0 Å². The van der Waals surface area contributed by atoms with Gasteiger partial charge in [0.15, 0.2) is 6.29 Å². The van der Waals surface area contributed by atoms with Crippen molar-refractivity contribution in [2.24, 2.45) is 5.92 Å². The first kappa shape index (κ1) is 25.3. The number of hydrogen-bond donors (Lipinski definition) is 2. The third-order valence-corrected chi connectivity index (χ3v) is 7.04. The Morgan fingerprint density at radius 3 is 2.51 bits per heavy atom. The summed E-state index contributed by atoms with van der Waals surface area (Å²) in [5, 5.41) is 18.5. The first-order valence-corrected chi connectivity index (χ1v) is 12.9. The summed E-state index contributed by atoms with van der Waals surface area (Å²) in [5.74, 6) is 2.70. The molecule has 186 valence electrons. The van der Waals surface area contributed by atoms with Gasteiger partial charge in [-0.1, -0.05) is 62.2 Å². The Balaban J connectivity index is 1.40. The fourth-order valence-electron chi connectivity index (χ4n) is 5.04. The van der Waals surface area contributed by atoms with Crippen molar-refractivity contribution in [3.8, 4) is 22.6 Å². The molecule has 0 radical (unpaired) electrons. The maximum Gasteiger partial charge on any atom is 0.151 e. The molecule has 0 saturated heterocycles. The smallest absolute Gasteiger partial charge is 0.151 e. The van der Waals surface area contributed by atoms with Crippen LogP contribution in [0.5, 0.6) is 11.5 Å². The van der Waals surface area contributed by atoms with Gasteiger partial charge in [0, 0.05) is 5.56 Å². The second-order valence-corrected chi connectivity index (χ2v) is 9.89. The van der Waals surface area contributed by atoms with Gasteiger partial charge in [-0.15, -0.1) is 0 Å². The highest BCUT2D eigenvalue weighted by atomic mass is 16.5. The average molecular weight is 475 g/mol. The number of fused-ring (bicyclic) bond motifs is 1. The molecule has 0 bridgehead atoms. The quantitative estimate of drug-likeness (QED) is 0.237. The van der Waals surface area contributed by atoms with E-state index < -0.39 is 6.29 Å². The molecule has 4 heteroatoms. The van der Waals surface area contributed by atoms with Crippen LogP contribution in [0.25, 0.3) is 11.1 Å². The summed E-state index contributed by atoms with van der Waals surface area (Å²) < 4.78 is 12.2. The Morgan fingerprint density at radius 1 is 0.971 bits per heavy atom. The summed E-state index contributed by atoms with van der Waals surface area (Å²) in [6.07, 6.45) is 3.16. The highest BCUT2D eigenvalue weighted by Crippen LogP contribution is 2.42. The van der Waals surface area contributed by atoms with Gasteiger partial charge in [-0.3, -0.25) is 0 Å². The van der Waals surface area contributed by atoms with Crippen molar-refractivity contribution in [1.29, 1.82) is 0 Å². The monoisotopic (exact) mass is 474 g/mol. The highest BCUT2D eigenvalue weighted by molar-refractivity contribution is 5.71. The molecule has 0 fully saturated rings. The molecular weight excluding hydrogens is 436 g/mol. The Morgan fingerprint density at radius 2 is 1.77 bits per heavy atom.